The predicted molar refractivity (Wildman–Crippen MR) is 113 cm³/mol. The molecule has 1 aromatic carbocycles. The summed E-state index contributed by atoms with van der Waals surface area (Å²) in [5.41, 5.74) is 0.527. The van der Waals surface area contributed by atoms with E-state index in [1.807, 2.05) is 0 Å². The van der Waals surface area contributed by atoms with Gasteiger partial charge in [-0.15, -0.1) is 0 Å². The minimum Gasteiger partial charge on any atom is -0.324 e. The Morgan fingerprint density at radius 1 is 1.26 bits per heavy atom. The standard InChI is InChI=1S/C17H19BrClN3O3S2/c1-3-22(4-2)27(24,25)13-6-8-17(20-10-13)26-11-16(23)21-15-7-5-12(18)9-14(15)19/h5-10H,3-4,11H2,1-2H3,(H,21,23). The summed E-state index contributed by atoms with van der Waals surface area (Å²) in [6, 6.07) is 8.29. The molecule has 0 fully saturated rings. The Balaban J connectivity index is 1.97. The second-order valence-electron chi connectivity index (χ2n) is 5.38. The van der Waals surface area contributed by atoms with E-state index >= 15 is 0 Å². The van der Waals surface area contributed by atoms with Crippen molar-refractivity contribution in [1.29, 1.82) is 0 Å². The van der Waals surface area contributed by atoms with Crippen LogP contribution in [-0.2, 0) is 14.8 Å². The second-order valence-corrected chi connectivity index (χ2v) is 9.64. The maximum absolute atomic E-state index is 12.4. The van der Waals surface area contributed by atoms with Gasteiger partial charge in [0.2, 0.25) is 15.9 Å². The first-order valence-corrected chi connectivity index (χ1v) is 11.7. The largest absolute Gasteiger partial charge is 0.324 e. The minimum absolute atomic E-state index is 0.127. The molecule has 27 heavy (non-hydrogen) atoms. The highest BCUT2D eigenvalue weighted by atomic mass is 79.9. The van der Waals surface area contributed by atoms with Crippen LogP contribution < -0.4 is 5.32 Å². The molecule has 0 spiro atoms. The van der Waals surface area contributed by atoms with Crippen molar-refractivity contribution in [2.75, 3.05) is 24.2 Å². The molecule has 0 aliphatic carbocycles. The zero-order valence-corrected chi connectivity index (χ0v) is 18.8. The first-order chi connectivity index (χ1) is 12.8. The Morgan fingerprint density at radius 2 is 1.96 bits per heavy atom. The first kappa shape index (κ1) is 22.2. The highest BCUT2D eigenvalue weighted by Gasteiger charge is 2.21. The average Bonchev–Trinajstić information content (AvgIpc) is 2.63. The van der Waals surface area contributed by atoms with Crippen molar-refractivity contribution in [3.05, 3.63) is 46.0 Å². The average molecular weight is 493 g/mol. The van der Waals surface area contributed by atoms with Gasteiger partial charge in [0.05, 0.1) is 21.5 Å². The number of hydrogen-bond acceptors (Lipinski definition) is 5. The molecule has 146 valence electrons. The number of nitrogens with one attached hydrogen (secondary N) is 1. The van der Waals surface area contributed by atoms with E-state index in [2.05, 4.69) is 26.2 Å². The predicted octanol–water partition coefficient (Wildman–Crippen LogP) is 4.26. The van der Waals surface area contributed by atoms with E-state index in [0.717, 1.165) is 4.47 Å². The Bertz CT molecular complexity index is 904. The summed E-state index contributed by atoms with van der Waals surface area (Å²) in [4.78, 5) is 16.4. The summed E-state index contributed by atoms with van der Waals surface area (Å²) in [7, 11) is -3.53. The van der Waals surface area contributed by atoms with Crippen molar-refractivity contribution >= 4 is 60.9 Å². The Morgan fingerprint density at radius 3 is 2.52 bits per heavy atom. The molecular weight excluding hydrogens is 474 g/mol. The number of anilines is 1. The van der Waals surface area contributed by atoms with Gasteiger partial charge < -0.3 is 5.32 Å². The quantitative estimate of drug-likeness (QED) is 0.557. The molecule has 0 aliphatic heterocycles. The molecule has 0 radical (unpaired) electrons. The molecule has 10 heteroatoms. The van der Waals surface area contributed by atoms with Gasteiger partial charge in [0.15, 0.2) is 0 Å². The molecule has 2 rings (SSSR count). The van der Waals surface area contributed by atoms with Gasteiger partial charge in [-0.2, -0.15) is 4.31 Å². The lowest BCUT2D eigenvalue weighted by Crippen LogP contribution is -2.30. The smallest absolute Gasteiger partial charge is 0.244 e. The first-order valence-electron chi connectivity index (χ1n) is 8.11. The zero-order chi connectivity index (χ0) is 20.0. The van der Waals surface area contributed by atoms with Crippen LogP contribution in [0.5, 0.6) is 0 Å². The van der Waals surface area contributed by atoms with E-state index in [-0.39, 0.29) is 16.6 Å². The van der Waals surface area contributed by atoms with Crippen molar-refractivity contribution in [1.82, 2.24) is 9.29 Å². The van der Waals surface area contributed by atoms with Crippen LogP contribution in [0.2, 0.25) is 5.02 Å². The highest BCUT2D eigenvalue weighted by Crippen LogP contribution is 2.26. The van der Waals surface area contributed by atoms with Gasteiger partial charge in [-0.3, -0.25) is 4.79 Å². The molecule has 0 aliphatic rings. The summed E-state index contributed by atoms with van der Waals surface area (Å²) in [5, 5.41) is 3.73. The molecule has 1 aromatic heterocycles. The van der Waals surface area contributed by atoms with E-state index in [1.165, 1.54) is 28.3 Å². The van der Waals surface area contributed by atoms with Crippen LogP contribution in [0.15, 0.2) is 50.9 Å². The number of halogens is 2. The van der Waals surface area contributed by atoms with E-state index in [9.17, 15) is 13.2 Å². The van der Waals surface area contributed by atoms with Gasteiger partial charge in [0.1, 0.15) is 4.90 Å². The van der Waals surface area contributed by atoms with Crippen LogP contribution >= 0.6 is 39.3 Å². The molecule has 0 atom stereocenters. The van der Waals surface area contributed by atoms with Crippen LogP contribution in [-0.4, -0.2) is 42.5 Å². The Hall–Kier alpha value is -1.13. The number of hydrogen-bond donors (Lipinski definition) is 1. The van der Waals surface area contributed by atoms with Crippen molar-refractivity contribution in [2.24, 2.45) is 0 Å². The third kappa shape index (κ3) is 5.92. The molecule has 0 saturated heterocycles. The highest BCUT2D eigenvalue weighted by molar-refractivity contribution is 9.10. The fourth-order valence-electron chi connectivity index (χ4n) is 2.23. The lowest BCUT2D eigenvalue weighted by atomic mass is 10.3. The number of carbonyl (C=O) groups excluding carboxylic acids is 1. The maximum atomic E-state index is 12.4. The molecular formula is C17H19BrClN3O3S2. The Labute approximate surface area is 176 Å². The lowest BCUT2D eigenvalue weighted by molar-refractivity contribution is -0.113. The van der Waals surface area contributed by atoms with E-state index < -0.39 is 10.0 Å². The summed E-state index contributed by atoms with van der Waals surface area (Å²) in [5.74, 6) is -0.104. The number of carbonyl (C=O) groups is 1. The van der Waals surface area contributed by atoms with Crippen molar-refractivity contribution < 1.29 is 13.2 Å². The molecule has 1 heterocycles. The molecule has 0 unspecified atom stereocenters. The summed E-state index contributed by atoms with van der Waals surface area (Å²) in [6.07, 6.45) is 1.32. The van der Waals surface area contributed by atoms with Crippen LogP contribution in [0, 0.1) is 0 Å². The molecule has 0 bridgehead atoms. The van der Waals surface area contributed by atoms with Crippen molar-refractivity contribution in [2.45, 2.75) is 23.8 Å². The van der Waals surface area contributed by atoms with Crippen molar-refractivity contribution in [3.8, 4) is 0 Å². The molecule has 2 aromatic rings. The van der Waals surface area contributed by atoms with Crippen LogP contribution in [0.3, 0.4) is 0 Å². The molecule has 0 saturated carbocycles. The lowest BCUT2D eigenvalue weighted by Gasteiger charge is -2.18. The summed E-state index contributed by atoms with van der Waals surface area (Å²) in [6.45, 7) is 4.37. The number of pyridine rings is 1. The fraction of sp³-hybridized carbons (Fsp3) is 0.294. The SMILES string of the molecule is CCN(CC)S(=O)(=O)c1ccc(SCC(=O)Nc2ccc(Br)cc2Cl)nc1. The van der Waals surface area contributed by atoms with E-state index in [0.29, 0.717) is 28.8 Å². The number of rotatable bonds is 8. The van der Waals surface area contributed by atoms with Crippen LogP contribution in [0.1, 0.15) is 13.8 Å². The van der Waals surface area contributed by atoms with Gasteiger partial charge >= 0.3 is 0 Å². The van der Waals surface area contributed by atoms with Crippen LogP contribution in [0.4, 0.5) is 5.69 Å². The van der Waals surface area contributed by atoms with Gasteiger partial charge in [-0.05, 0) is 30.3 Å². The number of aromatic nitrogens is 1. The zero-order valence-electron chi connectivity index (χ0n) is 14.8. The molecule has 6 nitrogen and oxygen atoms in total. The second kappa shape index (κ2) is 9.88. The van der Waals surface area contributed by atoms with E-state index in [4.69, 9.17) is 11.6 Å². The number of nitrogens with zero attached hydrogens (tertiary/aromatic N) is 2. The maximum Gasteiger partial charge on any atom is 0.244 e. The van der Waals surface area contributed by atoms with Gasteiger partial charge in [0, 0.05) is 23.8 Å². The molecule has 1 amide bonds. The normalized spacial score (nSPS) is 11.6. The summed E-state index contributed by atoms with van der Waals surface area (Å²) < 4.78 is 27.1. The minimum atomic E-state index is -3.53. The number of benzene rings is 1. The van der Waals surface area contributed by atoms with E-state index in [1.54, 1.807) is 38.1 Å². The Kier molecular flexibility index (Phi) is 8.11. The topological polar surface area (TPSA) is 79.4 Å². The number of thioether (sulfide) groups is 1. The van der Waals surface area contributed by atoms with Gasteiger partial charge in [0.25, 0.3) is 0 Å². The van der Waals surface area contributed by atoms with Crippen LogP contribution in [0.25, 0.3) is 0 Å². The van der Waals surface area contributed by atoms with Gasteiger partial charge in [-0.25, -0.2) is 13.4 Å². The number of amides is 1. The number of sulfonamides is 1. The third-order valence-corrected chi connectivity index (χ3v) is 7.39. The molecule has 1 N–H and O–H groups in total. The van der Waals surface area contributed by atoms with Crippen molar-refractivity contribution in [3.63, 3.8) is 0 Å². The fourth-order valence-corrected chi connectivity index (χ4v) is 5.00. The van der Waals surface area contributed by atoms with Gasteiger partial charge in [-0.1, -0.05) is 53.1 Å². The third-order valence-electron chi connectivity index (χ3n) is 3.61. The monoisotopic (exact) mass is 491 g/mol. The summed E-state index contributed by atoms with van der Waals surface area (Å²) >= 11 is 10.6.